The number of hydrogen-bond acceptors (Lipinski definition) is 4. The molecule has 3 rings (SSSR count). The zero-order valence-electron chi connectivity index (χ0n) is 17.5. The highest BCUT2D eigenvalue weighted by atomic mass is 32.2. The fourth-order valence-electron chi connectivity index (χ4n) is 3.58. The molecule has 1 aliphatic rings. The monoisotopic (exact) mass is 429 g/mol. The van der Waals surface area contributed by atoms with E-state index in [1.165, 1.54) is 23.4 Å². The first-order valence-electron chi connectivity index (χ1n) is 9.98. The maximum absolute atomic E-state index is 13.1. The average molecular weight is 430 g/mol. The van der Waals surface area contributed by atoms with Crippen LogP contribution in [-0.4, -0.2) is 62.2 Å². The molecule has 0 aliphatic carbocycles. The molecule has 2 aromatic carbocycles. The van der Waals surface area contributed by atoms with Crippen LogP contribution in [0.1, 0.15) is 29.8 Å². The van der Waals surface area contributed by atoms with Crippen molar-refractivity contribution in [1.82, 2.24) is 9.21 Å². The van der Waals surface area contributed by atoms with Crippen LogP contribution in [0.25, 0.3) is 0 Å². The lowest BCUT2D eigenvalue weighted by Crippen LogP contribution is -2.49. The van der Waals surface area contributed by atoms with Gasteiger partial charge in [0.05, 0.1) is 4.90 Å². The summed E-state index contributed by atoms with van der Waals surface area (Å²) in [5.74, 6) is -0.308. The predicted octanol–water partition coefficient (Wildman–Crippen LogP) is 2.51. The maximum atomic E-state index is 13.1. The third kappa shape index (κ3) is 4.55. The van der Waals surface area contributed by atoms with E-state index in [0.29, 0.717) is 25.2 Å². The highest BCUT2D eigenvalue weighted by Crippen LogP contribution is 2.22. The van der Waals surface area contributed by atoms with Gasteiger partial charge in [-0.2, -0.15) is 4.31 Å². The highest BCUT2D eigenvalue weighted by Gasteiger charge is 2.30. The molecule has 1 fully saturated rings. The Labute approximate surface area is 177 Å². The molecular formula is C22H27N3O4S. The largest absolute Gasteiger partial charge is 0.340 e. The van der Waals surface area contributed by atoms with Gasteiger partial charge in [-0.3, -0.25) is 9.59 Å². The lowest BCUT2D eigenvalue weighted by atomic mass is 10.1. The number of carbonyl (C=O) groups is 2. The third-order valence-electron chi connectivity index (χ3n) is 5.28. The van der Waals surface area contributed by atoms with Crippen molar-refractivity contribution in [2.45, 2.75) is 25.7 Å². The fourth-order valence-corrected chi connectivity index (χ4v) is 5.05. The van der Waals surface area contributed by atoms with Gasteiger partial charge in [0, 0.05) is 50.9 Å². The van der Waals surface area contributed by atoms with Crippen molar-refractivity contribution in [1.29, 1.82) is 0 Å². The van der Waals surface area contributed by atoms with E-state index < -0.39 is 10.0 Å². The smallest absolute Gasteiger partial charge is 0.258 e. The molecule has 0 bridgehead atoms. The minimum atomic E-state index is -3.75. The number of benzene rings is 2. The Bertz CT molecular complexity index is 1040. The molecular weight excluding hydrogens is 402 g/mol. The van der Waals surface area contributed by atoms with Crippen LogP contribution in [0.4, 0.5) is 5.69 Å². The first-order chi connectivity index (χ1) is 14.2. The zero-order chi connectivity index (χ0) is 21.9. The second kappa shape index (κ2) is 8.97. The van der Waals surface area contributed by atoms with Crippen LogP contribution in [0.15, 0.2) is 53.4 Å². The van der Waals surface area contributed by atoms with E-state index in [2.05, 4.69) is 0 Å². The van der Waals surface area contributed by atoms with Crippen LogP contribution >= 0.6 is 0 Å². The normalized spacial score (nSPS) is 15.1. The number of hydrogen-bond donors (Lipinski definition) is 0. The van der Waals surface area contributed by atoms with Crippen molar-refractivity contribution in [3.8, 4) is 0 Å². The second-order valence-corrected chi connectivity index (χ2v) is 9.26. The molecule has 1 aliphatic heterocycles. The lowest BCUT2D eigenvalue weighted by Gasteiger charge is -2.33. The van der Waals surface area contributed by atoms with Crippen molar-refractivity contribution in [2.75, 3.05) is 37.6 Å². The van der Waals surface area contributed by atoms with Crippen molar-refractivity contribution in [2.24, 2.45) is 0 Å². The maximum Gasteiger partial charge on any atom is 0.258 e. The van der Waals surface area contributed by atoms with Crippen molar-refractivity contribution >= 4 is 27.5 Å². The van der Waals surface area contributed by atoms with Crippen LogP contribution in [0, 0.1) is 6.92 Å². The van der Waals surface area contributed by atoms with Gasteiger partial charge in [0.25, 0.3) is 5.91 Å². The number of sulfonamides is 1. The Morgan fingerprint density at radius 2 is 1.67 bits per heavy atom. The van der Waals surface area contributed by atoms with Gasteiger partial charge in [0.1, 0.15) is 0 Å². The van der Waals surface area contributed by atoms with Gasteiger partial charge in [-0.15, -0.1) is 0 Å². The zero-order valence-corrected chi connectivity index (χ0v) is 18.4. The van der Waals surface area contributed by atoms with Crippen LogP contribution in [-0.2, 0) is 14.8 Å². The standard InChI is InChI=1S/C22H27N3O4S/c1-4-25(20-9-5-7-17(2)15-20)22(27)19-8-6-10-21(16-19)30(28,29)24-13-11-23(12-14-24)18(3)26/h5-10,15-16H,4,11-14H2,1-3H3. The Hall–Kier alpha value is -2.71. The van der Waals surface area contributed by atoms with E-state index in [1.54, 1.807) is 21.9 Å². The van der Waals surface area contributed by atoms with Gasteiger partial charge in [-0.1, -0.05) is 18.2 Å². The van der Waals surface area contributed by atoms with E-state index in [0.717, 1.165) is 11.3 Å². The summed E-state index contributed by atoms with van der Waals surface area (Å²) in [4.78, 5) is 28.0. The van der Waals surface area contributed by atoms with Crippen LogP contribution in [0.3, 0.4) is 0 Å². The van der Waals surface area contributed by atoms with Crippen molar-refractivity contribution in [3.05, 3.63) is 59.7 Å². The van der Waals surface area contributed by atoms with Crippen LogP contribution < -0.4 is 4.90 Å². The van der Waals surface area contributed by atoms with Gasteiger partial charge in [0.2, 0.25) is 15.9 Å². The molecule has 0 spiro atoms. The number of rotatable bonds is 5. The Balaban J connectivity index is 1.84. The SMILES string of the molecule is CCN(C(=O)c1cccc(S(=O)(=O)N2CCN(C(C)=O)CC2)c1)c1cccc(C)c1. The summed E-state index contributed by atoms with van der Waals surface area (Å²) in [6.07, 6.45) is 0. The number of carbonyl (C=O) groups excluding carboxylic acids is 2. The van der Waals surface area contributed by atoms with E-state index >= 15 is 0 Å². The summed E-state index contributed by atoms with van der Waals surface area (Å²) in [5.41, 5.74) is 2.14. The first kappa shape index (κ1) is 22.0. The fraction of sp³-hybridized carbons (Fsp3) is 0.364. The summed E-state index contributed by atoms with van der Waals surface area (Å²) < 4.78 is 27.5. The molecule has 2 aromatic rings. The Morgan fingerprint density at radius 3 is 2.27 bits per heavy atom. The molecule has 8 heteroatoms. The number of nitrogens with zero attached hydrogens (tertiary/aromatic N) is 3. The van der Waals surface area contributed by atoms with E-state index in [9.17, 15) is 18.0 Å². The topological polar surface area (TPSA) is 78.0 Å². The molecule has 0 atom stereocenters. The van der Waals surface area contributed by atoms with Gasteiger partial charge < -0.3 is 9.80 Å². The summed E-state index contributed by atoms with van der Waals surface area (Å²) in [6, 6.07) is 13.8. The predicted molar refractivity (Wildman–Crippen MR) is 116 cm³/mol. The molecule has 30 heavy (non-hydrogen) atoms. The number of amides is 2. The van der Waals surface area contributed by atoms with E-state index in [-0.39, 0.29) is 29.8 Å². The number of anilines is 1. The molecule has 7 nitrogen and oxygen atoms in total. The lowest BCUT2D eigenvalue weighted by molar-refractivity contribution is -0.129. The van der Waals surface area contributed by atoms with Gasteiger partial charge in [0.15, 0.2) is 0 Å². The van der Waals surface area contributed by atoms with Crippen LogP contribution in [0.5, 0.6) is 0 Å². The van der Waals surface area contributed by atoms with Crippen LogP contribution in [0.2, 0.25) is 0 Å². The average Bonchev–Trinajstić information content (AvgIpc) is 2.74. The molecule has 1 heterocycles. The van der Waals surface area contributed by atoms with E-state index in [4.69, 9.17) is 0 Å². The molecule has 160 valence electrons. The Morgan fingerprint density at radius 1 is 1.00 bits per heavy atom. The summed E-state index contributed by atoms with van der Waals surface area (Å²) in [6.45, 7) is 7.00. The quantitative estimate of drug-likeness (QED) is 0.732. The number of aryl methyl sites for hydroxylation is 1. The molecule has 2 amide bonds. The molecule has 0 aromatic heterocycles. The number of piperazine rings is 1. The molecule has 0 N–H and O–H groups in total. The summed E-state index contributed by atoms with van der Waals surface area (Å²) >= 11 is 0. The first-order valence-corrected chi connectivity index (χ1v) is 11.4. The third-order valence-corrected chi connectivity index (χ3v) is 7.17. The minimum absolute atomic E-state index is 0.0598. The second-order valence-electron chi connectivity index (χ2n) is 7.33. The summed E-state index contributed by atoms with van der Waals surface area (Å²) in [7, 11) is -3.75. The van der Waals surface area contributed by atoms with Gasteiger partial charge in [-0.05, 0) is 49.7 Å². The Kier molecular flexibility index (Phi) is 6.58. The van der Waals surface area contributed by atoms with Crippen molar-refractivity contribution < 1.29 is 18.0 Å². The molecule has 1 saturated heterocycles. The van der Waals surface area contributed by atoms with Gasteiger partial charge in [-0.25, -0.2) is 8.42 Å². The van der Waals surface area contributed by atoms with Crippen molar-refractivity contribution in [3.63, 3.8) is 0 Å². The van der Waals surface area contributed by atoms with Gasteiger partial charge >= 0.3 is 0 Å². The molecule has 0 unspecified atom stereocenters. The van der Waals surface area contributed by atoms with E-state index in [1.807, 2.05) is 38.1 Å². The molecule has 0 saturated carbocycles. The highest BCUT2D eigenvalue weighted by molar-refractivity contribution is 7.89. The molecule has 0 radical (unpaired) electrons. The summed E-state index contributed by atoms with van der Waals surface area (Å²) in [5, 5.41) is 0. The minimum Gasteiger partial charge on any atom is -0.340 e.